The highest BCUT2D eigenvalue weighted by atomic mass is 19.1. The summed E-state index contributed by atoms with van der Waals surface area (Å²) in [6, 6.07) is 9.65. The van der Waals surface area contributed by atoms with Crippen molar-refractivity contribution >= 4 is 5.91 Å². The van der Waals surface area contributed by atoms with Crippen LogP contribution in [-0.4, -0.2) is 21.8 Å². The van der Waals surface area contributed by atoms with E-state index in [1.807, 2.05) is 18.2 Å². The first-order chi connectivity index (χ1) is 12.6. The van der Waals surface area contributed by atoms with Crippen LogP contribution in [-0.2, 0) is 17.8 Å². The van der Waals surface area contributed by atoms with Crippen LogP contribution in [0.1, 0.15) is 49.8 Å². The van der Waals surface area contributed by atoms with E-state index in [0.29, 0.717) is 12.8 Å². The zero-order chi connectivity index (χ0) is 18.4. The van der Waals surface area contributed by atoms with E-state index in [2.05, 4.69) is 4.98 Å². The molecule has 0 N–H and O–H groups in total. The predicted molar refractivity (Wildman–Crippen MR) is 96.3 cm³/mol. The van der Waals surface area contributed by atoms with Crippen molar-refractivity contribution in [3.05, 3.63) is 65.5 Å². The highest BCUT2D eigenvalue weighted by molar-refractivity contribution is 5.76. The van der Waals surface area contributed by atoms with Gasteiger partial charge in [0.05, 0.1) is 6.54 Å². The number of benzene rings is 1. The van der Waals surface area contributed by atoms with Crippen LogP contribution < -0.4 is 0 Å². The zero-order valence-electron chi connectivity index (χ0n) is 14.8. The lowest BCUT2D eigenvalue weighted by atomic mass is 10.1. The first-order valence-electron chi connectivity index (χ1n) is 9.27. The minimum atomic E-state index is -0.589. The van der Waals surface area contributed by atoms with Gasteiger partial charge in [0.15, 0.2) is 0 Å². The van der Waals surface area contributed by atoms with Crippen molar-refractivity contribution in [3.63, 3.8) is 0 Å². The molecule has 0 aliphatic heterocycles. The summed E-state index contributed by atoms with van der Waals surface area (Å²) in [7, 11) is 0. The van der Waals surface area contributed by atoms with Crippen LogP contribution in [0.3, 0.4) is 0 Å². The van der Waals surface area contributed by atoms with Crippen molar-refractivity contribution in [2.75, 3.05) is 0 Å². The van der Waals surface area contributed by atoms with Crippen LogP contribution in [0, 0.1) is 11.6 Å². The van der Waals surface area contributed by atoms with E-state index in [9.17, 15) is 13.6 Å². The van der Waals surface area contributed by atoms with E-state index in [-0.39, 0.29) is 24.1 Å². The van der Waals surface area contributed by atoms with Crippen LogP contribution in [0.2, 0.25) is 0 Å². The van der Waals surface area contributed by atoms with Gasteiger partial charge in [-0.25, -0.2) is 8.78 Å². The number of carbonyl (C=O) groups excluding carboxylic acids is 1. The van der Waals surface area contributed by atoms with Crippen LogP contribution in [0.5, 0.6) is 0 Å². The third kappa shape index (κ3) is 4.65. The molecule has 0 bridgehead atoms. The molecule has 1 aliphatic carbocycles. The molecule has 1 aromatic heterocycles. The molecule has 26 heavy (non-hydrogen) atoms. The maximum Gasteiger partial charge on any atom is 0.223 e. The summed E-state index contributed by atoms with van der Waals surface area (Å²) in [5.41, 5.74) is 0.936. The lowest BCUT2D eigenvalue weighted by Gasteiger charge is -2.29. The molecule has 1 aromatic carbocycles. The minimum Gasteiger partial charge on any atom is -0.335 e. The minimum absolute atomic E-state index is 0.00555. The number of aromatic nitrogens is 1. The van der Waals surface area contributed by atoms with Crippen molar-refractivity contribution in [2.45, 2.75) is 57.5 Å². The molecule has 1 aliphatic rings. The van der Waals surface area contributed by atoms with Crippen molar-refractivity contribution in [3.8, 4) is 0 Å². The average molecular weight is 358 g/mol. The lowest BCUT2D eigenvalue weighted by Crippen LogP contribution is -2.38. The number of nitrogens with zero attached hydrogens (tertiary/aromatic N) is 2. The highest BCUT2D eigenvalue weighted by Crippen LogP contribution is 2.27. The molecule has 0 saturated heterocycles. The summed E-state index contributed by atoms with van der Waals surface area (Å²) in [5, 5.41) is 0. The van der Waals surface area contributed by atoms with Crippen molar-refractivity contribution in [2.24, 2.45) is 0 Å². The molecule has 2 aromatic rings. The first-order valence-corrected chi connectivity index (χ1v) is 9.27. The summed E-state index contributed by atoms with van der Waals surface area (Å²) in [6.07, 6.45) is 7.43. The predicted octanol–water partition coefficient (Wildman–Crippen LogP) is 4.65. The number of carbonyl (C=O) groups is 1. The third-order valence-electron chi connectivity index (χ3n) is 5.03. The molecule has 1 fully saturated rings. The van der Waals surface area contributed by atoms with E-state index in [1.165, 1.54) is 18.2 Å². The lowest BCUT2D eigenvalue weighted by molar-refractivity contribution is -0.134. The second kappa shape index (κ2) is 8.88. The molecule has 3 rings (SSSR count). The monoisotopic (exact) mass is 358 g/mol. The number of amides is 1. The molecule has 138 valence electrons. The maximum absolute atomic E-state index is 14.0. The fourth-order valence-corrected chi connectivity index (χ4v) is 3.60. The Balaban J connectivity index is 1.66. The largest absolute Gasteiger partial charge is 0.335 e. The number of hydrogen-bond acceptors (Lipinski definition) is 2. The Hall–Kier alpha value is -2.30. The summed E-state index contributed by atoms with van der Waals surface area (Å²) in [4.78, 5) is 18.8. The van der Waals surface area contributed by atoms with Gasteiger partial charge in [-0.15, -0.1) is 0 Å². The zero-order valence-corrected chi connectivity index (χ0v) is 14.8. The van der Waals surface area contributed by atoms with Gasteiger partial charge < -0.3 is 4.90 Å². The summed E-state index contributed by atoms with van der Waals surface area (Å²) >= 11 is 0. The van der Waals surface area contributed by atoms with Gasteiger partial charge in [0.2, 0.25) is 5.91 Å². The standard InChI is InChI=1S/C21H24F2N2O/c22-19-11-6-12-20(23)18(19)15-25(17-9-1-2-10-17)21(26)13-5-8-16-7-3-4-14-24-16/h3-4,6-7,11-12,14,17H,1-2,5,8-10,13,15H2. The Kier molecular flexibility index (Phi) is 6.31. The van der Waals surface area contributed by atoms with Crippen molar-refractivity contribution in [1.29, 1.82) is 0 Å². The second-order valence-electron chi connectivity index (χ2n) is 6.83. The quantitative estimate of drug-likeness (QED) is 0.722. The molecule has 0 unspecified atom stereocenters. The van der Waals surface area contributed by atoms with Crippen LogP contribution >= 0.6 is 0 Å². The van der Waals surface area contributed by atoms with Gasteiger partial charge in [-0.3, -0.25) is 9.78 Å². The third-order valence-corrected chi connectivity index (χ3v) is 5.03. The van der Waals surface area contributed by atoms with Crippen molar-refractivity contribution in [1.82, 2.24) is 9.88 Å². The highest BCUT2D eigenvalue weighted by Gasteiger charge is 2.28. The van der Waals surface area contributed by atoms with Crippen LogP contribution in [0.15, 0.2) is 42.6 Å². The number of rotatable bonds is 7. The molecule has 0 spiro atoms. The van der Waals surface area contributed by atoms with Crippen molar-refractivity contribution < 1.29 is 13.6 Å². The van der Waals surface area contributed by atoms with E-state index in [4.69, 9.17) is 0 Å². The fraction of sp³-hybridized carbons (Fsp3) is 0.429. The second-order valence-corrected chi connectivity index (χ2v) is 6.83. The molecule has 3 nitrogen and oxygen atoms in total. The molecule has 1 heterocycles. The molecule has 1 saturated carbocycles. The van der Waals surface area contributed by atoms with E-state index >= 15 is 0 Å². The number of hydrogen-bond donors (Lipinski definition) is 0. The molecule has 0 atom stereocenters. The van der Waals surface area contributed by atoms with E-state index < -0.39 is 11.6 Å². The van der Waals surface area contributed by atoms with Gasteiger partial charge in [0.25, 0.3) is 0 Å². The topological polar surface area (TPSA) is 33.2 Å². The maximum atomic E-state index is 14.0. The van der Waals surface area contributed by atoms with Gasteiger partial charge in [0, 0.05) is 29.9 Å². The van der Waals surface area contributed by atoms with Gasteiger partial charge >= 0.3 is 0 Å². The smallest absolute Gasteiger partial charge is 0.223 e. The average Bonchev–Trinajstić information content (AvgIpc) is 3.16. The Morgan fingerprint density at radius 1 is 1.08 bits per heavy atom. The normalized spacial score (nSPS) is 14.5. The van der Waals surface area contributed by atoms with E-state index in [0.717, 1.165) is 37.8 Å². The molecular weight excluding hydrogens is 334 g/mol. The fourth-order valence-electron chi connectivity index (χ4n) is 3.60. The first kappa shape index (κ1) is 18.5. The number of pyridine rings is 1. The SMILES string of the molecule is O=C(CCCc1ccccn1)N(Cc1c(F)cccc1F)C1CCCC1. The van der Waals surface area contributed by atoms with Gasteiger partial charge in [-0.05, 0) is 49.9 Å². The Labute approximate surface area is 153 Å². The van der Waals surface area contributed by atoms with Crippen LogP contribution in [0.4, 0.5) is 8.78 Å². The summed E-state index contributed by atoms with van der Waals surface area (Å²) in [6.45, 7) is 0.00555. The van der Waals surface area contributed by atoms with Crippen LogP contribution in [0.25, 0.3) is 0 Å². The van der Waals surface area contributed by atoms with Gasteiger partial charge in [-0.1, -0.05) is 25.0 Å². The molecule has 1 amide bonds. The number of aryl methyl sites for hydroxylation is 1. The molecule has 5 heteroatoms. The van der Waals surface area contributed by atoms with Gasteiger partial charge in [0.1, 0.15) is 11.6 Å². The Morgan fingerprint density at radius 2 is 1.81 bits per heavy atom. The van der Waals surface area contributed by atoms with Gasteiger partial charge in [-0.2, -0.15) is 0 Å². The van der Waals surface area contributed by atoms with E-state index in [1.54, 1.807) is 11.1 Å². The Morgan fingerprint density at radius 3 is 2.46 bits per heavy atom. The summed E-state index contributed by atoms with van der Waals surface area (Å²) in [5.74, 6) is -1.21. The summed E-state index contributed by atoms with van der Waals surface area (Å²) < 4.78 is 28.1. The molecule has 0 radical (unpaired) electrons. The Bertz CT molecular complexity index is 710. The number of halogens is 2. The molecular formula is C21H24F2N2O.